The van der Waals surface area contributed by atoms with Crippen molar-refractivity contribution in [2.24, 2.45) is 0 Å². The van der Waals surface area contributed by atoms with Gasteiger partial charge in [-0.25, -0.2) is 17.7 Å². The van der Waals surface area contributed by atoms with Gasteiger partial charge in [0.1, 0.15) is 5.82 Å². The van der Waals surface area contributed by atoms with E-state index in [0.29, 0.717) is 31.4 Å². The van der Waals surface area contributed by atoms with Gasteiger partial charge < -0.3 is 14.8 Å². The van der Waals surface area contributed by atoms with Gasteiger partial charge in [0.15, 0.2) is 0 Å². The van der Waals surface area contributed by atoms with Gasteiger partial charge in [0, 0.05) is 59.3 Å². The Morgan fingerprint density at radius 2 is 1.97 bits per heavy atom. The Balaban J connectivity index is 1.42. The lowest BCUT2D eigenvalue weighted by atomic mass is 9.99. The number of imidazole rings is 1. The molecule has 1 aliphatic heterocycles. The number of sulfonamides is 1. The summed E-state index contributed by atoms with van der Waals surface area (Å²) < 4.78 is 28.2. The predicted molar refractivity (Wildman–Crippen MR) is 134 cm³/mol. The Labute approximate surface area is 201 Å². The van der Waals surface area contributed by atoms with E-state index in [-0.39, 0.29) is 10.8 Å². The van der Waals surface area contributed by atoms with E-state index in [1.165, 1.54) is 29.7 Å². The molecular weight excluding hydrogens is 450 g/mol. The second-order valence-corrected chi connectivity index (χ2v) is 11.1. The Hall–Kier alpha value is -2.91. The summed E-state index contributed by atoms with van der Waals surface area (Å²) >= 11 is 0. The molecule has 2 heterocycles. The van der Waals surface area contributed by atoms with Crippen LogP contribution >= 0.6 is 0 Å². The van der Waals surface area contributed by atoms with E-state index in [1.807, 2.05) is 11.5 Å². The minimum absolute atomic E-state index is 0.0274. The zero-order chi connectivity index (χ0) is 24.5. The molecule has 4 rings (SSSR count). The van der Waals surface area contributed by atoms with Crippen molar-refractivity contribution in [2.75, 3.05) is 32.6 Å². The van der Waals surface area contributed by atoms with Crippen molar-refractivity contribution in [2.45, 2.75) is 50.6 Å². The number of aryl methyl sites for hydroxylation is 3. The number of anilines is 1. The maximum atomic E-state index is 12.6. The molecule has 0 spiro atoms. The fourth-order valence-corrected chi connectivity index (χ4v) is 5.46. The van der Waals surface area contributed by atoms with E-state index in [4.69, 9.17) is 0 Å². The first-order chi connectivity index (χ1) is 16.2. The molecule has 1 amide bonds. The molecule has 0 bridgehead atoms. The molecule has 3 aromatic rings. The standard InChI is InChI=1S/C25H33N5O3S/c1-5-30-23-11-9-20(34(32,33)28(2)3)16-21(23)27-24(30)12-13-25(31)26-17-18-8-10-22-19(15-18)7-6-14-29(22)4/h8-11,15-16H,5-7,12-14,17H2,1-4H3,(H,26,31). The van der Waals surface area contributed by atoms with E-state index in [2.05, 4.69) is 40.4 Å². The number of amides is 1. The molecule has 0 saturated carbocycles. The Bertz CT molecular complexity index is 1310. The van der Waals surface area contributed by atoms with Crippen molar-refractivity contribution >= 4 is 32.7 Å². The molecule has 0 fully saturated rings. The average molecular weight is 484 g/mol. The van der Waals surface area contributed by atoms with Gasteiger partial charge in [-0.15, -0.1) is 0 Å². The predicted octanol–water partition coefficient (Wildman–Crippen LogP) is 2.94. The molecule has 8 nitrogen and oxygen atoms in total. The van der Waals surface area contributed by atoms with E-state index < -0.39 is 10.0 Å². The fraction of sp³-hybridized carbons (Fsp3) is 0.440. The number of aromatic nitrogens is 2. The van der Waals surface area contributed by atoms with E-state index in [9.17, 15) is 13.2 Å². The molecule has 1 aromatic heterocycles. The molecule has 0 atom stereocenters. The van der Waals surface area contributed by atoms with Crippen LogP contribution in [0.4, 0.5) is 5.69 Å². The number of rotatable bonds is 8. The van der Waals surface area contributed by atoms with E-state index in [1.54, 1.807) is 18.2 Å². The van der Waals surface area contributed by atoms with Crippen LogP contribution in [0.5, 0.6) is 0 Å². The van der Waals surface area contributed by atoms with Crippen LogP contribution in [0.3, 0.4) is 0 Å². The molecule has 9 heteroatoms. The minimum atomic E-state index is -3.53. The van der Waals surface area contributed by atoms with Crippen molar-refractivity contribution in [1.82, 2.24) is 19.2 Å². The Kier molecular flexibility index (Phi) is 6.95. The Morgan fingerprint density at radius 1 is 1.18 bits per heavy atom. The largest absolute Gasteiger partial charge is 0.374 e. The van der Waals surface area contributed by atoms with Crippen molar-refractivity contribution < 1.29 is 13.2 Å². The average Bonchev–Trinajstić information content (AvgIpc) is 3.18. The first kappa shape index (κ1) is 24.2. The number of benzene rings is 2. The molecule has 0 unspecified atom stereocenters. The molecule has 0 aliphatic carbocycles. The smallest absolute Gasteiger partial charge is 0.242 e. The van der Waals surface area contributed by atoms with Crippen LogP contribution in [0.25, 0.3) is 11.0 Å². The highest BCUT2D eigenvalue weighted by molar-refractivity contribution is 7.89. The van der Waals surface area contributed by atoms with Gasteiger partial charge in [-0.05, 0) is 55.2 Å². The van der Waals surface area contributed by atoms with Crippen molar-refractivity contribution in [3.63, 3.8) is 0 Å². The van der Waals surface area contributed by atoms with Gasteiger partial charge in [0.2, 0.25) is 15.9 Å². The van der Waals surface area contributed by atoms with Gasteiger partial charge in [0.05, 0.1) is 15.9 Å². The first-order valence-electron chi connectivity index (χ1n) is 11.7. The quantitative estimate of drug-likeness (QED) is 0.532. The van der Waals surface area contributed by atoms with Crippen LogP contribution in [0.2, 0.25) is 0 Å². The van der Waals surface area contributed by atoms with Crippen molar-refractivity contribution in [3.05, 3.63) is 53.3 Å². The van der Waals surface area contributed by atoms with E-state index in [0.717, 1.165) is 36.3 Å². The molecule has 34 heavy (non-hydrogen) atoms. The zero-order valence-corrected chi connectivity index (χ0v) is 21.2. The molecule has 2 aromatic carbocycles. The van der Waals surface area contributed by atoms with Crippen LogP contribution in [0.1, 0.15) is 36.7 Å². The lowest BCUT2D eigenvalue weighted by molar-refractivity contribution is -0.121. The summed E-state index contributed by atoms with van der Waals surface area (Å²) in [5.74, 6) is 0.754. The normalized spacial score (nSPS) is 14.0. The van der Waals surface area contributed by atoms with Gasteiger partial charge in [0.25, 0.3) is 0 Å². The summed E-state index contributed by atoms with van der Waals surface area (Å²) in [5.41, 5.74) is 5.22. The molecule has 1 aliphatic rings. The summed E-state index contributed by atoms with van der Waals surface area (Å²) in [6.45, 7) is 4.30. The molecule has 1 N–H and O–H groups in total. The number of hydrogen-bond acceptors (Lipinski definition) is 5. The number of nitrogens with zero attached hydrogens (tertiary/aromatic N) is 4. The highest BCUT2D eigenvalue weighted by atomic mass is 32.2. The molecule has 0 radical (unpaired) electrons. The van der Waals surface area contributed by atoms with Crippen molar-refractivity contribution in [1.29, 1.82) is 0 Å². The second-order valence-electron chi connectivity index (χ2n) is 8.98. The third kappa shape index (κ3) is 4.81. The SMILES string of the molecule is CCn1c(CCC(=O)NCc2ccc3c(c2)CCCN3C)nc2cc(S(=O)(=O)N(C)C)ccc21. The van der Waals surface area contributed by atoms with Gasteiger partial charge >= 0.3 is 0 Å². The number of fused-ring (bicyclic) bond motifs is 2. The molecule has 0 saturated heterocycles. The molecular formula is C25H33N5O3S. The lowest BCUT2D eigenvalue weighted by Crippen LogP contribution is -2.26. The fourth-order valence-electron chi connectivity index (χ4n) is 4.54. The van der Waals surface area contributed by atoms with Crippen LogP contribution < -0.4 is 10.2 Å². The van der Waals surface area contributed by atoms with Gasteiger partial charge in [-0.3, -0.25) is 4.79 Å². The summed E-state index contributed by atoms with van der Waals surface area (Å²) in [5, 5.41) is 3.03. The van der Waals surface area contributed by atoms with Crippen LogP contribution in [0.15, 0.2) is 41.3 Å². The number of carbonyl (C=O) groups excluding carboxylic acids is 1. The van der Waals surface area contributed by atoms with Gasteiger partial charge in [-0.2, -0.15) is 0 Å². The van der Waals surface area contributed by atoms with Gasteiger partial charge in [-0.1, -0.05) is 12.1 Å². The highest BCUT2D eigenvalue weighted by Crippen LogP contribution is 2.27. The summed E-state index contributed by atoms with van der Waals surface area (Å²) in [6.07, 6.45) is 3.03. The van der Waals surface area contributed by atoms with Crippen molar-refractivity contribution in [3.8, 4) is 0 Å². The second kappa shape index (κ2) is 9.76. The highest BCUT2D eigenvalue weighted by Gasteiger charge is 2.20. The summed E-state index contributed by atoms with van der Waals surface area (Å²) in [6, 6.07) is 11.4. The van der Waals surface area contributed by atoms with E-state index >= 15 is 0 Å². The number of nitrogens with one attached hydrogen (secondary N) is 1. The third-order valence-electron chi connectivity index (χ3n) is 6.45. The minimum Gasteiger partial charge on any atom is -0.374 e. The Morgan fingerprint density at radius 3 is 2.71 bits per heavy atom. The summed E-state index contributed by atoms with van der Waals surface area (Å²) in [4.78, 5) is 19.7. The maximum absolute atomic E-state index is 12.6. The van der Waals surface area contributed by atoms with Crippen LogP contribution in [-0.2, 0) is 40.7 Å². The monoisotopic (exact) mass is 483 g/mol. The topological polar surface area (TPSA) is 87.5 Å². The van der Waals surface area contributed by atoms with Crippen LogP contribution in [0, 0.1) is 0 Å². The maximum Gasteiger partial charge on any atom is 0.242 e. The zero-order valence-electron chi connectivity index (χ0n) is 20.3. The first-order valence-corrected chi connectivity index (χ1v) is 13.2. The summed E-state index contributed by atoms with van der Waals surface area (Å²) in [7, 11) is 1.61. The third-order valence-corrected chi connectivity index (χ3v) is 8.26. The molecule has 182 valence electrons. The number of hydrogen-bond donors (Lipinski definition) is 1. The number of carbonyl (C=O) groups is 1. The van der Waals surface area contributed by atoms with Crippen LogP contribution in [-0.4, -0.2) is 55.9 Å². The lowest BCUT2D eigenvalue weighted by Gasteiger charge is -2.27.